The van der Waals surface area contributed by atoms with Gasteiger partial charge in [0.05, 0.1) is 17.5 Å². The smallest absolute Gasteiger partial charge is 0.416 e. The summed E-state index contributed by atoms with van der Waals surface area (Å²) in [5.41, 5.74) is 1.16. The van der Waals surface area contributed by atoms with Crippen LogP contribution in [0.3, 0.4) is 0 Å². The molecule has 1 aliphatic rings. The number of likely N-dealkylation sites (tertiary alicyclic amines) is 1. The van der Waals surface area contributed by atoms with E-state index in [1.807, 2.05) is 23.1 Å². The summed E-state index contributed by atoms with van der Waals surface area (Å²) in [4.78, 5) is 18.7. The third-order valence-corrected chi connectivity index (χ3v) is 5.67. The Bertz CT molecular complexity index is 1010. The Morgan fingerprint density at radius 1 is 1.15 bits per heavy atom. The van der Waals surface area contributed by atoms with Crippen molar-refractivity contribution in [1.29, 1.82) is 0 Å². The van der Waals surface area contributed by atoms with Gasteiger partial charge in [0.1, 0.15) is 0 Å². The lowest BCUT2D eigenvalue weighted by atomic mass is 9.89. The molecule has 33 heavy (non-hydrogen) atoms. The van der Waals surface area contributed by atoms with Crippen molar-refractivity contribution in [3.8, 4) is 0 Å². The number of aryl methyl sites for hydroxylation is 1. The molecule has 1 aromatic carbocycles. The average molecular weight is 460 g/mol. The number of hydrogen-bond donors (Lipinski definition) is 1. The van der Waals surface area contributed by atoms with Crippen molar-refractivity contribution in [2.24, 2.45) is 0 Å². The van der Waals surface area contributed by atoms with E-state index in [1.165, 1.54) is 11.8 Å². The van der Waals surface area contributed by atoms with Crippen molar-refractivity contribution in [3.05, 3.63) is 83.2 Å². The molecule has 1 saturated heterocycles. The standard InChI is InChI=1S/C25H28F3N3O2/c1-4-22(31-14-12-20(13-15-31)19-8-6-5-7-9-19)33-23(18(3)25(26,27)28)24(32)30-21-11-10-17(2)29-16-21/h4-11,16,20H,12-15H2,1-3H3,(H,30,32)/b22-4-,23-18+. The number of benzene rings is 1. The van der Waals surface area contributed by atoms with Crippen LogP contribution in [0.25, 0.3) is 0 Å². The molecule has 2 heterocycles. The number of ether oxygens (including phenoxy) is 1. The molecule has 1 aliphatic heterocycles. The highest BCUT2D eigenvalue weighted by Gasteiger charge is 2.37. The monoisotopic (exact) mass is 459 g/mol. The first kappa shape index (κ1) is 24.4. The van der Waals surface area contributed by atoms with Crippen LogP contribution in [0.1, 0.15) is 43.9 Å². The van der Waals surface area contributed by atoms with E-state index in [1.54, 1.807) is 32.1 Å². The van der Waals surface area contributed by atoms with Gasteiger partial charge in [0, 0.05) is 18.8 Å². The fraction of sp³-hybridized carbons (Fsp3) is 0.360. The van der Waals surface area contributed by atoms with Gasteiger partial charge in [0.25, 0.3) is 5.91 Å². The molecule has 0 saturated carbocycles. The molecule has 2 aromatic rings. The van der Waals surface area contributed by atoms with Gasteiger partial charge in [0.2, 0.25) is 5.76 Å². The van der Waals surface area contributed by atoms with Crippen LogP contribution in [0.5, 0.6) is 0 Å². The van der Waals surface area contributed by atoms with Crippen LogP contribution in [0, 0.1) is 6.92 Å². The Balaban J connectivity index is 1.75. The highest BCUT2D eigenvalue weighted by molar-refractivity contribution is 6.02. The minimum absolute atomic E-state index is 0.234. The summed E-state index contributed by atoms with van der Waals surface area (Å²) in [6.07, 6.45) is -0.0598. The number of carbonyl (C=O) groups is 1. The highest BCUT2D eigenvalue weighted by Crippen LogP contribution is 2.33. The van der Waals surface area contributed by atoms with Gasteiger partial charge in [0.15, 0.2) is 5.88 Å². The predicted octanol–water partition coefficient (Wildman–Crippen LogP) is 5.92. The molecule has 3 rings (SSSR count). The molecule has 0 bridgehead atoms. The van der Waals surface area contributed by atoms with Crippen molar-refractivity contribution >= 4 is 11.6 Å². The van der Waals surface area contributed by atoms with Gasteiger partial charge in [-0.2, -0.15) is 13.2 Å². The molecular weight excluding hydrogens is 431 g/mol. The summed E-state index contributed by atoms with van der Waals surface area (Å²) in [6, 6.07) is 13.4. The Kier molecular flexibility index (Phi) is 7.79. The zero-order valence-corrected chi connectivity index (χ0v) is 18.9. The third kappa shape index (κ3) is 6.37. The predicted molar refractivity (Wildman–Crippen MR) is 121 cm³/mol. The van der Waals surface area contributed by atoms with E-state index in [0.717, 1.165) is 25.5 Å². The van der Waals surface area contributed by atoms with Crippen molar-refractivity contribution in [2.45, 2.75) is 45.7 Å². The summed E-state index contributed by atoms with van der Waals surface area (Å²) in [6.45, 7) is 5.52. The minimum atomic E-state index is -4.71. The second-order valence-electron chi connectivity index (χ2n) is 8.00. The van der Waals surface area contributed by atoms with E-state index >= 15 is 0 Å². The molecule has 1 fully saturated rings. The van der Waals surface area contributed by atoms with Gasteiger partial charge in [-0.15, -0.1) is 0 Å². The largest absolute Gasteiger partial charge is 0.435 e. The van der Waals surface area contributed by atoms with Gasteiger partial charge >= 0.3 is 6.18 Å². The molecule has 0 atom stereocenters. The van der Waals surface area contributed by atoms with Gasteiger partial charge in [-0.1, -0.05) is 30.3 Å². The number of piperidine rings is 1. The Morgan fingerprint density at radius 2 is 1.82 bits per heavy atom. The second-order valence-corrected chi connectivity index (χ2v) is 8.00. The van der Waals surface area contributed by atoms with Crippen molar-refractivity contribution < 1.29 is 22.7 Å². The fourth-order valence-electron chi connectivity index (χ4n) is 3.72. The molecule has 176 valence electrons. The number of pyridine rings is 1. The number of halogens is 3. The number of anilines is 1. The average Bonchev–Trinajstić information content (AvgIpc) is 2.81. The van der Waals surface area contributed by atoms with E-state index in [9.17, 15) is 18.0 Å². The number of rotatable bonds is 6. The Hall–Kier alpha value is -3.29. The first-order valence-corrected chi connectivity index (χ1v) is 10.8. The molecule has 0 unspecified atom stereocenters. The number of alkyl halides is 3. The van der Waals surface area contributed by atoms with Crippen molar-refractivity contribution in [1.82, 2.24) is 9.88 Å². The number of nitrogens with one attached hydrogen (secondary N) is 1. The summed E-state index contributed by atoms with van der Waals surface area (Å²) in [5.74, 6) is -1.14. The molecule has 1 amide bonds. The van der Waals surface area contributed by atoms with Crippen LogP contribution < -0.4 is 5.32 Å². The minimum Gasteiger partial charge on any atom is -0.435 e. The number of amides is 1. The zero-order valence-electron chi connectivity index (χ0n) is 18.9. The topological polar surface area (TPSA) is 54.5 Å². The summed E-state index contributed by atoms with van der Waals surface area (Å²) < 4.78 is 46.2. The molecular formula is C25H28F3N3O2. The lowest BCUT2D eigenvalue weighted by Crippen LogP contribution is -2.34. The number of carbonyl (C=O) groups excluding carboxylic acids is 1. The van der Waals surface area contributed by atoms with Crippen LogP contribution in [-0.2, 0) is 9.53 Å². The van der Waals surface area contributed by atoms with Gasteiger partial charge in [-0.05, 0) is 63.3 Å². The molecule has 0 radical (unpaired) electrons. The van der Waals surface area contributed by atoms with Crippen LogP contribution in [0.2, 0.25) is 0 Å². The van der Waals surface area contributed by atoms with Crippen LogP contribution in [-0.4, -0.2) is 35.1 Å². The maximum Gasteiger partial charge on any atom is 0.416 e. The van der Waals surface area contributed by atoms with Crippen LogP contribution in [0.15, 0.2) is 72.0 Å². The van der Waals surface area contributed by atoms with Crippen LogP contribution in [0.4, 0.5) is 18.9 Å². The van der Waals surface area contributed by atoms with Crippen molar-refractivity contribution in [2.75, 3.05) is 18.4 Å². The Labute approximate surface area is 192 Å². The quantitative estimate of drug-likeness (QED) is 0.430. The van der Waals surface area contributed by atoms with Gasteiger partial charge < -0.3 is 15.0 Å². The zero-order chi connectivity index (χ0) is 24.0. The number of nitrogens with zero attached hydrogens (tertiary/aromatic N) is 2. The molecule has 5 nitrogen and oxygen atoms in total. The van der Waals surface area contributed by atoms with Gasteiger partial charge in [-0.25, -0.2) is 0 Å². The summed E-state index contributed by atoms with van der Waals surface area (Å²) in [7, 11) is 0. The van der Waals surface area contributed by atoms with E-state index in [0.29, 0.717) is 19.0 Å². The first-order valence-electron chi connectivity index (χ1n) is 10.8. The van der Waals surface area contributed by atoms with E-state index < -0.39 is 23.4 Å². The van der Waals surface area contributed by atoms with E-state index in [4.69, 9.17) is 4.74 Å². The van der Waals surface area contributed by atoms with E-state index in [-0.39, 0.29) is 11.6 Å². The maximum absolute atomic E-state index is 13.5. The normalized spacial score (nSPS) is 16.3. The number of allylic oxidation sites excluding steroid dienone is 2. The van der Waals surface area contributed by atoms with Gasteiger partial charge in [-0.3, -0.25) is 9.78 Å². The van der Waals surface area contributed by atoms with E-state index in [2.05, 4.69) is 22.4 Å². The summed E-state index contributed by atoms with van der Waals surface area (Å²) >= 11 is 0. The SMILES string of the molecule is C/C=C(\O/C(C(=O)Nc1ccc(C)nc1)=C(\C)C(F)(F)F)N1CCC(c2ccccc2)CC1. The maximum atomic E-state index is 13.5. The fourth-order valence-corrected chi connectivity index (χ4v) is 3.72. The molecule has 8 heteroatoms. The number of aromatic nitrogens is 1. The Morgan fingerprint density at radius 3 is 2.36 bits per heavy atom. The number of hydrogen-bond acceptors (Lipinski definition) is 4. The molecule has 0 aliphatic carbocycles. The van der Waals surface area contributed by atoms with Crippen LogP contribution >= 0.6 is 0 Å². The molecule has 1 aromatic heterocycles. The molecule has 1 N–H and O–H groups in total. The second kappa shape index (κ2) is 10.6. The lowest BCUT2D eigenvalue weighted by Gasteiger charge is -2.35. The third-order valence-electron chi connectivity index (χ3n) is 5.67. The highest BCUT2D eigenvalue weighted by atomic mass is 19.4. The summed E-state index contributed by atoms with van der Waals surface area (Å²) in [5, 5.41) is 2.45. The first-order chi connectivity index (χ1) is 15.7. The molecule has 0 spiro atoms. The lowest BCUT2D eigenvalue weighted by molar-refractivity contribution is -0.119. The van der Waals surface area contributed by atoms with Crippen molar-refractivity contribution in [3.63, 3.8) is 0 Å².